The Kier molecular flexibility index (Phi) is 2.01. The van der Waals surface area contributed by atoms with Crippen molar-refractivity contribution in [3.05, 3.63) is 0 Å². The molecule has 4 nitrogen and oxygen atoms in total. The van der Waals surface area contributed by atoms with Gasteiger partial charge in [0, 0.05) is 13.3 Å². The van der Waals surface area contributed by atoms with Crippen LogP contribution in [0.5, 0.6) is 0 Å². The number of carbonyl (C=O) groups excluding carboxylic acids is 1. The predicted molar refractivity (Wildman–Crippen MR) is 36.3 cm³/mol. The second-order valence-corrected chi connectivity index (χ2v) is 3.05. The van der Waals surface area contributed by atoms with Gasteiger partial charge in [0.05, 0.1) is 0 Å². The van der Waals surface area contributed by atoms with E-state index in [1.165, 1.54) is 0 Å². The van der Waals surface area contributed by atoms with Gasteiger partial charge in [0.1, 0.15) is 6.61 Å². The molecule has 6 heteroatoms. The van der Waals surface area contributed by atoms with Gasteiger partial charge in [-0.1, -0.05) is 0 Å². The van der Waals surface area contributed by atoms with Crippen LogP contribution in [0.2, 0.25) is 0 Å². The summed E-state index contributed by atoms with van der Waals surface area (Å²) in [5.41, 5.74) is -2.18. The minimum atomic E-state index is -3.26. The van der Waals surface area contributed by atoms with Crippen molar-refractivity contribution in [3.63, 3.8) is 0 Å². The van der Waals surface area contributed by atoms with Crippen LogP contribution in [0.15, 0.2) is 0 Å². The summed E-state index contributed by atoms with van der Waals surface area (Å²) in [6.45, 7) is 0.279. The Morgan fingerprint density at radius 1 is 1.54 bits per heavy atom. The summed E-state index contributed by atoms with van der Waals surface area (Å²) in [5.74, 6) is -5.64. The number of carboxylic acid groups (broad SMARTS) is 1. The number of halogens is 2. The molecule has 0 saturated heterocycles. The minimum Gasteiger partial charge on any atom is -0.481 e. The lowest BCUT2D eigenvalue weighted by atomic mass is 10.1. The lowest BCUT2D eigenvalue weighted by Crippen LogP contribution is -2.28. The molecule has 0 aromatic rings. The van der Waals surface area contributed by atoms with E-state index in [1.54, 1.807) is 0 Å². The van der Waals surface area contributed by atoms with Crippen LogP contribution in [-0.2, 0) is 14.3 Å². The number of hydrogen-bond donors (Lipinski definition) is 1. The molecule has 0 amide bonds. The number of ether oxygens (including phenoxy) is 1. The molecule has 0 aromatic carbocycles. The zero-order chi connectivity index (χ0) is 10.3. The Hall–Kier alpha value is -1.20. The maximum absolute atomic E-state index is 12.6. The van der Waals surface area contributed by atoms with Crippen LogP contribution >= 0.6 is 0 Å². The zero-order valence-electron chi connectivity index (χ0n) is 6.84. The van der Waals surface area contributed by atoms with Gasteiger partial charge in [-0.25, -0.2) is 8.78 Å². The third-order valence-corrected chi connectivity index (χ3v) is 2.03. The Morgan fingerprint density at radius 2 is 2.00 bits per heavy atom. The van der Waals surface area contributed by atoms with Gasteiger partial charge < -0.3 is 9.84 Å². The molecule has 0 bridgehead atoms. The van der Waals surface area contributed by atoms with Crippen molar-refractivity contribution in [2.24, 2.45) is 5.41 Å². The summed E-state index contributed by atoms with van der Waals surface area (Å²) in [5, 5.41) is 8.48. The molecule has 1 aliphatic rings. The molecule has 1 N–H and O–H groups in total. The fourth-order valence-electron chi connectivity index (χ4n) is 1.01. The fourth-order valence-corrected chi connectivity index (χ4v) is 1.01. The Morgan fingerprint density at radius 3 is 2.23 bits per heavy atom. The quantitative estimate of drug-likeness (QED) is 0.670. The second kappa shape index (κ2) is 2.65. The number of rotatable bonds is 3. The fraction of sp³-hybridized carbons (Fsp3) is 0.714. The van der Waals surface area contributed by atoms with Crippen LogP contribution < -0.4 is 0 Å². The monoisotopic (exact) mass is 194 g/mol. The topological polar surface area (TPSA) is 63.6 Å². The highest BCUT2D eigenvalue weighted by Crippen LogP contribution is 2.60. The third kappa shape index (κ3) is 1.48. The van der Waals surface area contributed by atoms with E-state index in [2.05, 4.69) is 4.74 Å². The third-order valence-electron chi connectivity index (χ3n) is 2.03. The van der Waals surface area contributed by atoms with E-state index in [4.69, 9.17) is 5.11 Å². The predicted octanol–water partition coefficient (Wildman–Crippen LogP) is 0.659. The number of aliphatic carboxylic acids is 1. The van der Waals surface area contributed by atoms with Crippen molar-refractivity contribution >= 4 is 11.9 Å². The highest BCUT2D eigenvalue weighted by molar-refractivity contribution is 5.81. The largest absolute Gasteiger partial charge is 0.481 e. The molecule has 0 aromatic heterocycles. The van der Waals surface area contributed by atoms with Gasteiger partial charge in [-0.3, -0.25) is 9.59 Å². The summed E-state index contributed by atoms with van der Waals surface area (Å²) < 4.78 is 29.4. The maximum atomic E-state index is 12.6. The maximum Gasteiger partial charge on any atom is 0.319 e. The van der Waals surface area contributed by atoms with E-state index in [-0.39, 0.29) is 0 Å². The molecule has 74 valence electrons. The van der Waals surface area contributed by atoms with E-state index < -0.39 is 36.3 Å². The van der Waals surface area contributed by atoms with Crippen molar-refractivity contribution in [1.82, 2.24) is 0 Å². The Labute approximate surface area is 72.5 Å². The van der Waals surface area contributed by atoms with Gasteiger partial charge in [0.25, 0.3) is 5.92 Å². The molecule has 1 atom stereocenters. The Bertz CT molecular complexity index is 263. The van der Waals surface area contributed by atoms with Crippen LogP contribution in [-0.4, -0.2) is 29.6 Å². The first-order valence-corrected chi connectivity index (χ1v) is 3.56. The lowest BCUT2D eigenvalue weighted by Gasteiger charge is -2.10. The second-order valence-electron chi connectivity index (χ2n) is 3.05. The average Bonchev–Trinajstić information content (AvgIpc) is 2.51. The van der Waals surface area contributed by atoms with E-state index >= 15 is 0 Å². The minimum absolute atomic E-state index is 0.759. The van der Waals surface area contributed by atoms with Crippen molar-refractivity contribution in [2.75, 3.05) is 6.61 Å². The molecule has 0 radical (unpaired) electrons. The summed E-state index contributed by atoms with van der Waals surface area (Å²) in [6, 6.07) is 0. The van der Waals surface area contributed by atoms with Gasteiger partial charge in [0.15, 0.2) is 5.41 Å². The van der Waals surface area contributed by atoms with Gasteiger partial charge in [0.2, 0.25) is 0 Å². The lowest BCUT2D eigenvalue weighted by molar-refractivity contribution is -0.156. The first-order valence-electron chi connectivity index (χ1n) is 3.56. The molecule has 0 aliphatic heterocycles. The number of carbonyl (C=O) groups is 2. The molecule has 1 fully saturated rings. The molecule has 1 aliphatic carbocycles. The van der Waals surface area contributed by atoms with E-state index in [9.17, 15) is 18.4 Å². The highest BCUT2D eigenvalue weighted by Gasteiger charge is 2.77. The highest BCUT2D eigenvalue weighted by atomic mass is 19.3. The average molecular weight is 194 g/mol. The number of carboxylic acids is 1. The SMILES string of the molecule is CC(=O)OC[C@]1(C(=O)O)CC1(F)F. The van der Waals surface area contributed by atoms with Gasteiger partial charge >= 0.3 is 11.9 Å². The van der Waals surface area contributed by atoms with Crippen LogP contribution in [0, 0.1) is 5.41 Å². The van der Waals surface area contributed by atoms with Gasteiger partial charge in [-0.2, -0.15) is 0 Å². The Balaban J connectivity index is 2.63. The molecule has 0 heterocycles. The molecule has 1 saturated carbocycles. The molecule has 0 spiro atoms. The summed E-state index contributed by atoms with van der Waals surface area (Å²) in [7, 11) is 0. The van der Waals surface area contributed by atoms with Gasteiger partial charge in [-0.15, -0.1) is 0 Å². The van der Waals surface area contributed by atoms with Crippen molar-refractivity contribution in [1.29, 1.82) is 0 Å². The van der Waals surface area contributed by atoms with Crippen LogP contribution in [0.25, 0.3) is 0 Å². The molecule has 0 unspecified atom stereocenters. The number of alkyl halides is 2. The summed E-state index contributed by atoms with van der Waals surface area (Å²) in [4.78, 5) is 20.7. The van der Waals surface area contributed by atoms with E-state index in [0.717, 1.165) is 6.92 Å². The molecular weight excluding hydrogens is 186 g/mol. The molecular formula is C7H8F2O4. The first kappa shape index (κ1) is 9.88. The number of hydrogen-bond acceptors (Lipinski definition) is 3. The van der Waals surface area contributed by atoms with E-state index in [0.29, 0.717) is 0 Å². The number of esters is 1. The smallest absolute Gasteiger partial charge is 0.319 e. The van der Waals surface area contributed by atoms with Gasteiger partial charge in [-0.05, 0) is 0 Å². The first-order chi connectivity index (χ1) is 5.82. The normalized spacial score (nSPS) is 29.5. The van der Waals surface area contributed by atoms with Crippen molar-refractivity contribution in [2.45, 2.75) is 19.3 Å². The van der Waals surface area contributed by atoms with Crippen LogP contribution in [0.1, 0.15) is 13.3 Å². The standard InChI is InChI=1S/C7H8F2O4/c1-4(10)13-3-6(5(11)12)2-7(6,8)9/h2-3H2,1H3,(H,11,12)/t6-/m0/s1. The summed E-state index contributed by atoms with van der Waals surface area (Å²) >= 11 is 0. The van der Waals surface area contributed by atoms with Crippen molar-refractivity contribution < 1.29 is 28.2 Å². The van der Waals surface area contributed by atoms with E-state index in [1.807, 2.05) is 0 Å². The molecule has 13 heavy (non-hydrogen) atoms. The van der Waals surface area contributed by atoms with Crippen LogP contribution in [0.3, 0.4) is 0 Å². The van der Waals surface area contributed by atoms with Crippen LogP contribution in [0.4, 0.5) is 8.78 Å². The summed E-state index contributed by atoms with van der Waals surface area (Å²) in [6.07, 6.45) is -0.761. The van der Waals surface area contributed by atoms with Crippen molar-refractivity contribution in [3.8, 4) is 0 Å². The zero-order valence-corrected chi connectivity index (χ0v) is 6.84. The molecule has 1 rings (SSSR count).